The van der Waals surface area contributed by atoms with E-state index in [1.807, 2.05) is 0 Å². The minimum Gasteiger partial charge on any atom is -0.478 e. The third-order valence-electron chi connectivity index (χ3n) is 2.86. The fourth-order valence-corrected chi connectivity index (χ4v) is 1.69. The number of carboxylic acid groups (broad SMARTS) is 1. The number of carboxylic acids is 1. The lowest BCUT2D eigenvalue weighted by Gasteiger charge is -2.06. The molecule has 0 saturated heterocycles. The molecule has 118 valence electrons. The summed E-state index contributed by atoms with van der Waals surface area (Å²) in [6.45, 7) is 0. The lowest BCUT2D eigenvalue weighted by molar-refractivity contribution is 0.0696. The van der Waals surface area contributed by atoms with E-state index in [9.17, 15) is 14.4 Å². The summed E-state index contributed by atoms with van der Waals surface area (Å²) >= 11 is 0. The smallest absolute Gasteiger partial charge is 0.411 e. The van der Waals surface area contributed by atoms with Gasteiger partial charge in [0.2, 0.25) is 0 Å². The minimum absolute atomic E-state index is 0.100. The lowest BCUT2D eigenvalue weighted by atomic mass is 10.2. The molecule has 0 fully saturated rings. The van der Waals surface area contributed by atoms with Gasteiger partial charge in [-0.05, 0) is 48.5 Å². The van der Waals surface area contributed by atoms with Gasteiger partial charge in [0.05, 0.1) is 18.2 Å². The Kier molecular flexibility index (Phi) is 4.93. The zero-order chi connectivity index (χ0) is 16.8. The number of esters is 1. The van der Waals surface area contributed by atoms with Gasteiger partial charge in [0, 0.05) is 5.69 Å². The molecule has 2 N–H and O–H groups in total. The van der Waals surface area contributed by atoms with Gasteiger partial charge in [-0.1, -0.05) is 0 Å². The molecule has 0 radical (unpaired) electrons. The standard InChI is InChI=1S/C16H13NO6/c1-22-16(21)17-12-6-2-11(3-7-12)15(20)23-13-8-4-10(5-9-13)14(18)19/h2-9H,1H3,(H,17,21)(H,18,19). The molecule has 0 aliphatic heterocycles. The fraction of sp³-hybridized carbons (Fsp3) is 0.0625. The third kappa shape index (κ3) is 4.31. The van der Waals surface area contributed by atoms with Crippen LogP contribution in [-0.4, -0.2) is 30.2 Å². The summed E-state index contributed by atoms with van der Waals surface area (Å²) < 4.78 is 9.59. The first kappa shape index (κ1) is 16.0. The molecule has 0 aromatic heterocycles. The second-order valence-corrected chi connectivity index (χ2v) is 4.41. The Hall–Kier alpha value is -3.35. The maximum atomic E-state index is 12.0. The lowest BCUT2D eigenvalue weighted by Crippen LogP contribution is -2.12. The van der Waals surface area contributed by atoms with Crippen molar-refractivity contribution in [1.29, 1.82) is 0 Å². The van der Waals surface area contributed by atoms with Crippen molar-refractivity contribution in [1.82, 2.24) is 0 Å². The average Bonchev–Trinajstić information content (AvgIpc) is 2.55. The molecule has 2 aromatic rings. The van der Waals surface area contributed by atoms with Crippen molar-refractivity contribution >= 4 is 23.7 Å². The number of ether oxygens (including phenoxy) is 2. The van der Waals surface area contributed by atoms with E-state index in [1.54, 1.807) is 0 Å². The molecule has 0 saturated carbocycles. The molecule has 0 spiro atoms. The van der Waals surface area contributed by atoms with Crippen LogP contribution in [0.5, 0.6) is 5.75 Å². The van der Waals surface area contributed by atoms with E-state index in [0.717, 1.165) is 0 Å². The molecule has 23 heavy (non-hydrogen) atoms. The van der Waals surface area contributed by atoms with E-state index in [2.05, 4.69) is 10.1 Å². The molecular weight excluding hydrogens is 302 g/mol. The van der Waals surface area contributed by atoms with Crippen molar-refractivity contribution in [3.05, 3.63) is 59.7 Å². The molecule has 0 aliphatic carbocycles. The fourth-order valence-electron chi connectivity index (χ4n) is 1.69. The Balaban J connectivity index is 2.02. The number of amides is 1. The Morgan fingerprint density at radius 3 is 2.00 bits per heavy atom. The summed E-state index contributed by atoms with van der Waals surface area (Å²) in [4.78, 5) is 33.8. The van der Waals surface area contributed by atoms with Gasteiger partial charge < -0.3 is 14.6 Å². The molecule has 0 heterocycles. The highest BCUT2D eigenvalue weighted by Crippen LogP contribution is 2.16. The number of hydrogen-bond acceptors (Lipinski definition) is 5. The van der Waals surface area contributed by atoms with Gasteiger partial charge in [-0.2, -0.15) is 0 Å². The second kappa shape index (κ2) is 7.08. The summed E-state index contributed by atoms with van der Waals surface area (Å²) in [5.41, 5.74) is 0.852. The number of anilines is 1. The Morgan fingerprint density at radius 1 is 0.913 bits per heavy atom. The number of carbonyl (C=O) groups is 3. The van der Waals surface area contributed by atoms with Crippen LogP contribution in [0.25, 0.3) is 0 Å². The largest absolute Gasteiger partial charge is 0.478 e. The molecular formula is C16H13NO6. The average molecular weight is 315 g/mol. The van der Waals surface area contributed by atoms with Crippen molar-refractivity contribution in [2.75, 3.05) is 12.4 Å². The molecule has 0 aliphatic rings. The molecule has 2 aromatic carbocycles. The van der Waals surface area contributed by atoms with E-state index in [-0.39, 0.29) is 16.9 Å². The second-order valence-electron chi connectivity index (χ2n) is 4.41. The molecule has 1 amide bonds. The number of carbonyl (C=O) groups excluding carboxylic acids is 2. The van der Waals surface area contributed by atoms with E-state index in [1.165, 1.54) is 55.6 Å². The zero-order valence-electron chi connectivity index (χ0n) is 12.1. The van der Waals surface area contributed by atoms with Gasteiger partial charge >= 0.3 is 18.0 Å². The molecule has 0 bridgehead atoms. The van der Waals surface area contributed by atoms with Gasteiger partial charge in [-0.25, -0.2) is 14.4 Å². The van der Waals surface area contributed by atoms with Crippen molar-refractivity contribution in [2.45, 2.75) is 0 Å². The Morgan fingerprint density at radius 2 is 1.48 bits per heavy atom. The topological polar surface area (TPSA) is 102 Å². The van der Waals surface area contributed by atoms with Gasteiger partial charge in [0.15, 0.2) is 0 Å². The first-order valence-corrected chi connectivity index (χ1v) is 6.50. The van der Waals surface area contributed by atoms with Gasteiger partial charge in [-0.15, -0.1) is 0 Å². The molecule has 0 atom stereocenters. The first-order valence-electron chi connectivity index (χ1n) is 6.50. The zero-order valence-corrected chi connectivity index (χ0v) is 12.1. The van der Waals surface area contributed by atoms with Gasteiger partial charge in [0.1, 0.15) is 5.75 Å². The molecule has 7 nitrogen and oxygen atoms in total. The Bertz CT molecular complexity index is 721. The van der Waals surface area contributed by atoms with E-state index >= 15 is 0 Å². The van der Waals surface area contributed by atoms with Crippen LogP contribution < -0.4 is 10.1 Å². The summed E-state index contributed by atoms with van der Waals surface area (Å²) in [5.74, 6) is -1.42. The number of aromatic carboxylic acids is 1. The highest BCUT2D eigenvalue weighted by Gasteiger charge is 2.10. The minimum atomic E-state index is -1.06. The molecule has 2 rings (SSSR count). The van der Waals surface area contributed by atoms with E-state index in [0.29, 0.717) is 5.69 Å². The van der Waals surface area contributed by atoms with Gasteiger partial charge in [-0.3, -0.25) is 5.32 Å². The first-order chi connectivity index (χ1) is 11.0. The summed E-state index contributed by atoms with van der Waals surface area (Å²) in [6.07, 6.45) is -0.612. The molecule has 7 heteroatoms. The van der Waals surface area contributed by atoms with Crippen molar-refractivity contribution in [3.63, 3.8) is 0 Å². The van der Waals surface area contributed by atoms with Crippen molar-refractivity contribution in [3.8, 4) is 5.75 Å². The summed E-state index contributed by atoms with van der Waals surface area (Å²) in [7, 11) is 1.25. The summed E-state index contributed by atoms with van der Waals surface area (Å²) in [5, 5.41) is 11.3. The summed E-state index contributed by atoms with van der Waals surface area (Å²) in [6, 6.07) is 11.5. The number of methoxy groups -OCH3 is 1. The third-order valence-corrected chi connectivity index (χ3v) is 2.86. The normalized spacial score (nSPS) is 9.78. The Labute approximate surface area is 131 Å². The SMILES string of the molecule is COC(=O)Nc1ccc(C(=O)Oc2ccc(C(=O)O)cc2)cc1. The van der Waals surface area contributed by atoms with E-state index < -0.39 is 18.0 Å². The van der Waals surface area contributed by atoms with Crippen LogP contribution >= 0.6 is 0 Å². The monoisotopic (exact) mass is 315 g/mol. The number of hydrogen-bond donors (Lipinski definition) is 2. The van der Waals surface area contributed by atoms with E-state index in [4.69, 9.17) is 9.84 Å². The van der Waals surface area contributed by atoms with Crippen LogP contribution in [0.4, 0.5) is 10.5 Å². The van der Waals surface area contributed by atoms with Crippen LogP contribution in [-0.2, 0) is 4.74 Å². The quantitative estimate of drug-likeness (QED) is 0.664. The van der Waals surface area contributed by atoms with Crippen molar-refractivity contribution < 1.29 is 29.0 Å². The maximum Gasteiger partial charge on any atom is 0.411 e. The number of rotatable bonds is 4. The highest BCUT2D eigenvalue weighted by molar-refractivity contribution is 5.92. The van der Waals surface area contributed by atoms with Crippen LogP contribution in [0.2, 0.25) is 0 Å². The van der Waals surface area contributed by atoms with Crippen LogP contribution in [0.15, 0.2) is 48.5 Å². The van der Waals surface area contributed by atoms with Crippen LogP contribution in [0.1, 0.15) is 20.7 Å². The van der Waals surface area contributed by atoms with Crippen LogP contribution in [0, 0.1) is 0 Å². The predicted octanol–water partition coefficient (Wildman–Crippen LogP) is 2.78. The van der Waals surface area contributed by atoms with Crippen molar-refractivity contribution in [2.24, 2.45) is 0 Å². The molecule has 0 unspecified atom stereocenters. The number of nitrogens with one attached hydrogen (secondary N) is 1. The number of benzene rings is 2. The highest BCUT2D eigenvalue weighted by atomic mass is 16.5. The predicted molar refractivity (Wildman–Crippen MR) is 80.8 cm³/mol. The van der Waals surface area contributed by atoms with Gasteiger partial charge in [0.25, 0.3) is 0 Å². The van der Waals surface area contributed by atoms with Crippen LogP contribution in [0.3, 0.4) is 0 Å². The maximum absolute atomic E-state index is 12.0.